The molecule has 0 aliphatic rings. The minimum absolute atomic E-state index is 0.223. The van der Waals surface area contributed by atoms with E-state index < -0.39 is 33.0 Å². The fraction of sp³-hybridized carbons (Fsp3) is 0.125. The predicted octanol–water partition coefficient (Wildman–Crippen LogP) is 3.23. The largest absolute Gasteiger partial charge is 0.325 e. The number of hydrogen-bond acceptors (Lipinski definition) is 4. The summed E-state index contributed by atoms with van der Waals surface area (Å²) in [6.45, 7) is 0. The third-order valence-corrected chi connectivity index (χ3v) is 4.90. The van der Waals surface area contributed by atoms with E-state index >= 15 is 0 Å². The van der Waals surface area contributed by atoms with Gasteiger partial charge in [0.05, 0.1) is 0 Å². The predicted molar refractivity (Wildman–Crippen MR) is 94.5 cm³/mol. The van der Waals surface area contributed by atoms with E-state index in [0.29, 0.717) is 15.7 Å². The van der Waals surface area contributed by atoms with Gasteiger partial charge in [0, 0.05) is 21.3 Å². The Kier molecular flexibility index (Phi) is 5.99. The van der Waals surface area contributed by atoms with Crippen molar-refractivity contribution in [3.05, 3.63) is 64.1 Å². The fourth-order valence-corrected chi connectivity index (χ4v) is 3.29. The molecule has 0 saturated carbocycles. The van der Waals surface area contributed by atoms with Gasteiger partial charge in [0.1, 0.15) is 11.5 Å². The van der Waals surface area contributed by atoms with Crippen LogP contribution in [-0.4, -0.2) is 31.6 Å². The maximum Gasteiger partial charge on any atom is 0.239 e. The van der Waals surface area contributed by atoms with Gasteiger partial charge in [-0.1, -0.05) is 23.2 Å². The summed E-state index contributed by atoms with van der Waals surface area (Å²) >= 11 is 11.4. The van der Waals surface area contributed by atoms with E-state index in [1.54, 1.807) is 24.3 Å². The molecule has 8 heteroatoms. The SMILES string of the molecule is O=C(CS(=O)(=O)CC(=O)c1ccc(Cl)cc1)Nc1ccc(Cl)cc1. The van der Waals surface area contributed by atoms with Crippen LogP contribution in [0.3, 0.4) is 0 Å². The minimum atomic E-state index is -3.89. The van der Waals surface area contributed by atoms with Gasteiger partial charge in [-0.05, 0) is 48.5 Å². The minimum Gasteiger partial charge on any atom is -0.325 e. The maximum atomic E-state index is 12.0. The highest BCUT2D eigenvalue weighted by Gasteiger charge is 2.21. The lowest BCUT2D eigenvalue weighted by molar-refractivity contribution is -0.113. The zero-order valence-corrected chi connectivity index (χ0v) is 14.7. The summed E-state index contributed by atoms with van der Waals surface area (Å²) in [5.41, 5.74) is 0.643. The molecule has 0 spiro atoms. The van der Waals surface area contributed by atoms with Crippen LogP contribution in [0.25, 0.3) is 0 Å². The summed E-state index contributed by atoms with van der Waals surface area (Å²) in [6.07, 6.45) is 0. The third-order valence-electron chi connectivity index (χ3n) is 3.00. The van der Waals surface area contributed by atoms with Crippen LogP contribution >= 0.6 is 23.2 Å². The lowest BCUT2D eigenvalue weighted by Crippen LogP contribution is -2.27. The highest BCUT2D eigenvalue weighted by atomic mass is 35.5. The second-order valence-corrected chi connectivity index (χ2v) is 7.95. The summed E-state index contributed by atoms with van der Waals surface area (Å²) in [5.74, 6) is -2.84. The van der Waals surface area contributed by atoms with Gasteiger partial charge in [-0.15, -0.1) is 0 Å². The third kappa shape index (κ3) is 5.63. The maximum absolute atomic E-state index is 12.0. The molecule has 0 fully saturated rings. The van der Waals surface area contributed by atoms with Crippen LogP contribution in [0, 0.1) is 0 Å². The number of hydrogen-bond donors (Lipinski definition) is 1. The molecule has 0 bridgehead atoms. The molecule has 0 saturated heterocycles. The molecule has 0 radical (unpaired) electrons. The molecule has 2 rings (SSSR count). The first-order valence-electron chi connectivity index (χ1n) is 6.80. The number of nitrogens with one attached hydrogen (secondary N) is 1. The van der Waals surface area contributed by atoms with Gasteiger partial charge < -0.3 is 5.32 Å². The quantitative estimate of drug-likeness (QED) is 0.773. The summed E-state index contributed by atoms with van der Waals surface area (Å²) in [6, 6.07) is 12.1. The van der Waals surface area contributed by atoms with Crippen molar-refractivity contribution in [2.75, 3.05) is 16.8 Å². The van der Waals surface area contributed by atoms with Crippen LogP contribution in [0.5, 0.6) is 0 Å². The highest BCUT2D eigenvalue weighted by molar-refractivity contribution is 7.92. The van der Waals surface area contributed by atoms with Crippen molar-refractivity contribution in [2.24, 2.45) is 0 Å². The molecule has 24 heavy (non-hydrogen) atoms. The van der Waals surface area contributed by atoms with Crippen molar-refractivity contribution in [3.8, 4) is 0 Å². The van der Waals surface area contributed by atoms with Gasteiger partial charge >= 0.3 is 0 Å². The van der Waals surface area contributed by atoms with Crippen molar-refractivity contribution in [1.29, 1.82) is 0 Å². The molecule has 0 aliphatic heterocycles. The van der Waals surface area contributed by atoms with Crippen LogP contribution < -0.4 is 5.32 Å². The number of carbonyl (C=O) groups excluding carboxylic acids is 2. The number of rotatable bonds is 6. The Morgan fingerprint density at radius 3 is 1.88 bits per heavy atom. The summed E-state index contributed by atoms with van der Waals surface area (Å²) in [7, 11) is -3.89. The number of Topliss-reactive ketones (excluding diaryl/α,β-unsaturated/α-hetero) is 1. The Hall–Kier alpha value is -1.89. The standard InChI is InChI=1S/C16H13Cl2NO4S/c17-12-3-1-11(2-4-12)15(20)9-24(22,23)10-16(21)19-14-7-5-13(18)6-8-14/h1-8H,9-10H2,(H,19,21). The number of benzene rings is 2. The number of carbonyl (C=O) groups is 2. The van der Waals surface area contributed by atoms with E-state index in [2.05, 4.69) is 5.32 Å². The average Bonchev–Trinajstić information content (AvgIpc) is 2.49. The first-order valence-corrected chi connectivity index (χ1v) is 9.37. The molecule has 2 aromatic rings. The first kappa shape index (κ1) is 18.4. The molecule has 1 N–H and O–H groups in total. The Morgan fingerprint density at radius 1 is 0.833 bits per heavy atom. The van der Waals surface area contributed by atoms with Crippen LogP contribution in [-0.2, 0) is 14.6 Å². The molecule has 126 valence electrons. The fourth-order valence-electron chi connectivity index (χ4n) is 1.90. The summed E-state index contributed by atoms with van der Waals surface area (Å²) < 4.78 is 24.0. The molecule has 0 atom stereocenters. The first-order chi connectivity index (χ1) is 11.2. The van der Waals surface area contributed by atoms with Crippen molar-refractivity contribution in [1.82, 2.24) is 0 Å². The van der Waals surface area contributed by atoms with E-state index in [1.165, 1.54) is 24.3 Å². The molecule has 5 nitrogen and oxygen atoms in total. The van der Waals surface area contributed by atoms with Crippen LogP contribution in [0.1, 0.15) is 10.4 Å². The van der Waals surface area contributed by atoms with E-state index in [0.717, 1.165) is 0 Å². The second kappa shape index (κ2) is 7.79. The zero-order chi connectivity index (χ0) is 17.7. The van der Waals surface area contributed by atoms with Crippen molar-refractivity contribution < 1.29 is 18.0 Å². The van der Waals surface area contributed by atoms with Crippen LogP contribution in [0.2, 0.25) is 10.0 Å². The Balaban J connectivity index is 1.97. The normalized spacial score (nSPS) is 11.1. The van der Waals surface area contributed by atoms with Gasteiger partial charge in [0.2, 0.25) is 5.91 Å². The lowest BCUT2D eigenvalue weighted by atomic mass is 10.1. The van der Waals surface area contributed by atoms with Crippen molar-refractivity contribution in [2.45, 2.75) is 0 Å². The van der Waals surface area contributed by atoms with E-state index in [4.69, 9.17) is 23.2 Å². The Bertz CT molecular complexity index is 847. The smallest absolute Gasteiger partial charge is 0.239 e. The Morgan fingerprint density at radius 2 is 1.33 bits per heavy atom. The van der Waals surface area contributed by atoms with Crippen molar-refractivity contribution >= 4 is 50.4 Å². The van der Waals surface area contributed by atoms with E-state index in [-0.39, 0.29) is 5.56 Å². The summed E-state index contributed by atoms with van der Waals surface area (Å²) in [5, 5.41) is 3.38. The van der Waals surface area contributed by atoms with Gasteiger partial charge in [-0.2, -0.15) is 0 Å². The summed E-state index contributed by atoms with van der Waals surface area (Å²) in [4.78, 5) is 23.8. The molecule has 0 heterocycles. The van der Waals surface area contributed by atoms with Crippen molar-refractivity contribution in [3.63, 3.8) is 0 Å². The topological polar surface area (TPSA) is 80.3 Å². The van der Waals surface area contributed by atoms with Crippen LogP contribution in [0.15, 0.2) is 48.5 Å². The molecule has 0 aromatic heterocycles. The molecule has 0 unspecified atom stereocenters. The number of anilines is 1. The average molecular weight is 386 g/mol. The highest BCUT2D eigenvalue weighted by Crippen LogP contribution is 2.14. The lowest BCUT2D eigenvalue weighted by Gasteiger charge is -2.06. The van der Waals surface area contributed by atoms with Gasteiger partial charge in [-0.3, -0.25) is 9.59 Å². The monoisotopic (exact) mass is 385 g/mol. The van der Waals surface area contributed by atoms with Crippen LogP contribution in [0.4, 0.5) is 5.69 Å². The molecular weight excluding hydrogens is 373 g/mol. The molecule has 0 aliphatic carbocycles. The molecule has 2 aromatic carbocycles. The van der Waals surface area contributed by atoms with Gasteiger partial charge in [0.15, 0.2) is 15.6 Å². The number of sulfone groups is 1. The molecular formula is C16H13Cl2NO4S. The Labute approximate surface area is 149 Å². The zero-order valence-electron chi connectivity index (χ0n) is 12.3. The number of halogens is 2. The number of ketones is 1. The van der Waals surface area contributed by atoms with E-state index in [1.807, 2.05) is 0 Å². The van der Waals surface area contributed by atoms with Gasteiger partial charge in [-0.25, -0.2) is 8.42 Å². The number of amides is 1. The molecule has 1 amide bonds. The van der Waals surface area contributed by atoms with E-state index in [9.17, 15) is 18.0 Å². The second-order valence-electron chi connectivity index (χ2n) is 5.02. The van der Waals surface area contributed by atoms with Gasteiger partial charge in [0.25, 0.3) is 0 Å².